The van der Waals surface area contributed by atoms with E-state index in [-0.39, 0.29) is 6.61 Å². The summed E-state index contributed by atoms with van der Waals surface area (Å²) in [5.41, 5.74) is 1.29. The third-order valence-corrected chi connectivity index (χ3v) is 2.90. The number of hydrogen-bond acceptors (Lipinski definition) is 3. The average molecular weight is 272 g/mol. The zero-order valence-corrected chi connectivity index (χ0v) is 11.6. The zero-order valence-electron chi connectivity index (χ0n) is 10.9. The minimum atomic E-state index is 0.0976. The predicted octanol–water partition coefficient (Wildman–Crippen LogP) is 2.26. The highest BCUT2D eigenvalue weighted by molar-refractivity contribution is 6.30. The molecule has 4 heteroatoms. The van der Waals surface area contributed by atoms with Crippen molar-refractivity contribution in [2.24, 2.45) is 0 Å². The Kier molecular flexibility index (Phi) is 8.01. The number of aliphatic hydroxyl groups excluding tert-OH is 1. The van der Waals surface area contributed by atoms with Gasteiger partial charge in [0.2, 0.25) is 0 Å². The molecule has 0 spiro atoms. The standard InChI is InChI=1S/C14H22ClNO2/c1-12(16-7-2-9-18-10-8-17)11-13-3-5-14(15)6-4-13/h3-6,12,16-17H,2,7-11H2,1H3. The summed E-state index contributed by atoms with van der Waals surface area (Å²) in [4.78, 5) is 0. The molecular formula is C14H22ClNO2. The van der Waals surface area contributed by atoms with E-state index < -0.39 is 0 Å². The van der Waals surface area contributed by atoms with Crippen LogP contribution < -0.4 is 5.32 Å². The third kappa shape index (κ3) is 6.97. The Hall–Kier alpha value is -0.610. The van der Waals surface area contributed by atoms with E-state index in [1.807, 2.05) is 12.1 Å². The van der Waals surface area contributed by atoms with Gasteiger partial charge in [0.25, 0.3) is 0 Å². The van der Waals surface area contributed by atoms with Gasteiger partial charge in [-0.2, -0.15) is 0 Å². The Morgan fingerprint density at radius 2 is 2.00 bits per heavy atom. The van der Waals surface area contributed by atoms with Crippen molar-refractivity contribution in [1.82, 2.24) is 5.32 Å². The minimum Gasteiger partial charge on any atom is -0.394 e. The van der Waals surface area contributed by atoms with Crippen LogP contribution in [0.5, 0.6) is 0 Å². The quantitative estimate of drug-likeness (QED) is 0.677. The monoisotopic (exact) mass is 271 g/mol. The van der Waals surface area contributed by atoms with Crippen LogP contribution in [0.4, 0.5) is 0 Å². The van der Waals surface area contributed by atoms with Crippen LogP contribution in [0.1, 0.15) is 18.9 Å². The molecule has 1 aromatic carbocycles. The second kappa shape index (κ2) is 9.34. The fourth-order valence-electron chi connectivity index (χ4n) is 1.74. The maximum atomic E-state index is 8.54. The topological polar surface area (TPSA) is 41.5 Å². The van der Waals surface area contributed by atoms with Crippen molar-refractivity contribution in [1.29, 1.82) is 0 Å². The van der Waals surface area contributed by atoms with Crippen LogP contribution in [0, 0.1) is 0 Å². The highest BCUT2D eigenvalue weighted by Gasteiger charge is 2.02. The van der Waals surface area contributed by atoms with Gasteiger partial charge in [-0.25, -0.2) is 0 Å². The lowest BCUT2D eigenvalue weighted by Crippen LogP contribution is -2.29. The minimum absolute atomic E-state index is 0.0976. The van der Waals surface area contributed by atoms with Crippen LogP contribution in [0.25, 0.3) is 0 Å². The van der Waals surface area contributed by atoms with Crippen LogP contribution >= 0.6 is 11.6 Å². The highest BCUT2D eigenvalue weighted by Crippen LogP contribution is 2.10. The number of aliphatic hydroxyl groups is 1. The number of ether oxygens (including phenoxy) is 1. The van der Waals surface area contributed by atoms with Crippen molar-refractivity contribution < 1.29 is 9.84 Å². The van der Waals surface area contributed by atoms with Crippen molar-refractivity contribution in [3.8, 4) is 0 Å². The second-order valence-electron chi connectivity index (χ2n) is 4.38. The van der Waals surface area contributed by atoms with Crippen molar-refractivity contribution in [2.75, 3.05) is 26.4 Å². The van der Waals surface area contributed by atoms with Crippen molar-refractivity contribution in [3.05, 3.63) is 34.9 Å². The first-order valence-corrected chi connectivity index (χ1v) is 6.76. The number of rotatable bonds is 9. The fraction of sp³-hybridized carbons (Fsp3) is 0.571. The Morgan fingerprint density at radius 3 is 2.67 bits per heavy atom. The van der Waals surface area contributed by atoms with Gasteiger partial charge in [0.15, 0.2) is 0 Å². The van der Waals surface area contributed by atoms with Gasteiger partial charge in [0.05, 0.1) is 13.2 Å². The molecule has 0 aromatic heterocycles. The summed E-state index contributed by atoms with van der Waals surface area (Å²) >= 11 is 5.84. The number of benzene rings is 1. The summed E-state index contributed by atoms with van der Waals surface area (Å²) in [6.45, 7) is 4.32. The lowest BCUT2D eigenvalue weighted by atomic mass is 10.1. The molecule has 3 nitrogen and oxygen atoms in total. The Balaban J connectivity index is 2.10. The molecule has 0 aliphatic carbocycles. The van der Waals surface area contributed by atoms with Crippen LogP contribution in [0.2, 0.25) is 5.02 Å². The molecule has 18 heavy (non-hydrogen) atoms. The van der Waals surface area contributed by atoms with Gasteiger partial charge in [-0.1, -0.05) is 23.7 Å². The van der Waals surface area contributed by atoms with Gasteiger partial charge in [-0.15, -0.1) is 0 Å². The smallest absolute Gasteiger partial charge is 0.0697 e. The molecule has 2 N–H and O–H groups in total. The van der Waals surface area contributed by atoms with Gasteiger partial charge in [0, 0.05) is 17.7 Å². The Bertz CT molecular complexity index is 316. The molecule has 0 heterocycles. The van der Waals surface area contributed by atoms with Crippen LogP contribution in [-0.4, -0.2) is 37.5 Å². The number of halogens is 1. The molecule has 0 aliphatic heterocycles. The van der Waals surface area contributed by atoms with E-state index in [0.29, 0.717) is 19.3 Å². The maximum absolute atomic E-state index is 8.54. The molecule has 1 atom stereocenters. The molecule has 0 saturated carbocycles. The second-order valence-corrected chi connectivity index (χ2v) is 4.81. The molecule has 0 saturated heterocycles. The first kappa shape index (κ1) is 15.4. The van der Waals surface area contributed by atoms with Crippen LogP contribution in [0.3, 0.4) is 0 Å². The van der Waals surface area contributed by atoms with Gasteiger partial charge in [-0.05, 0) is 44.0 Å². The molecule has 1 aromatic rings. The predicted molar refractivity (Wildman–Crippen MR) is 75.1 cm³/mol. The van der Waals surface area contributed by atoms with E-state index >= 15 is 0 Å². The first-order valence-electron chi connectivity index (χ1n) is 6.39. The summed E-state index contributed by atoms with van der Waals surface area (Å²) in [5.74, 6) is 0. The molecule has 1 rings (SSSR count). The summed E-state index contributed by atoms with van der Waals surface area (Å²) in [5, 5.41) is 12.8. The molecule has 0 radical (unpaired) electrons. The molecule has 0 amide bonds. The first-order chi connectivity index (χ1) is 8.72. The normalized spacial score (nSPS) is 12.6. The van der Waals surface area contributed by atoms with Gasteiger partial charge < -0.3 is 15.2 Å². The molecule has 1 unspecified atom stereocenters. The molecule has 102 valence electrons. The summed E-state index contributed by atoms with van der Waals surface area (Å²) < 4.78 is 5.19. The Morgan fingerprint density at radius 1 is 1.28 bits per heavy atom. The molecule has 0 bridgehead atoms. The Labute approximate surface area is 114 Å². The van der Waals surface area contributed by atoms with E-state index in [1.54, 1.807) is 0 Å². The van der Waals surface area contributed by atoms with Crippen molar-refractivity contribution in [2.45, 2.75) is 25.8 Å². The van der Waals surface area contributed by atoms with Gasteiger partial charge in [0.1, 0.15) is 0 Å². The average Bonchev–Trinajstić information content (AvgIpc) is 2.36. The van der Waals surface area contributed by atoms with Crippen LogP contribution in [0.15, 0.2) is 24.3 Å². The lowest BCUT2D eigenvalue weighted by molar-refractivity contribution is 0.0904. The van der Waals surface area contributed by atoms with Gasteiger partial charge >= 0.3 is 0 Å². The van der Waals surface area contributed by atoms with E-state index in [2.05, 4.69) is 24.4 Å². The van der Waals surface area contributed by atoms with E-state index in [1.165, 1.54) is 5.56 Å². The fourth-order valence-corrected chi connectivity index (χ4v) is 1.86. The number of hydrogen-bond donors (Lipinski definition) is 2. The van der Waals surface area contributed by atoms with E-state index in [4.69, 9.17) is 21.4 Å². The van der Waals surface area contributed by atoms with Crippen molar-refractivity contribution in [3.63, 3.8) is 0 Å². The maximum Gasteiger partial charge on any atom is 0.0697 e. The number of nitrogens with one attached hydrogen (secondary N) is 1. The summed E-state index contributed by atoms with van der Waals surface area (Å²) in [7, 11) is 0. The molecule has 0 aliphatic rings. The highest BCUT2D eigenvalue weighted by atomic mass is 35.5. The lowest BCUT2D eigenvalue weighted by Gasteiger charge is -2.14. The SMILES string of the molecule is CC(Cc1ccc(Cl)cc1)NCCCOCCO. The largest absolute Gasteiger partial charge is 0.394 e. The summed E-state index contributed by atoms with van der Waals surface area (Å²) in [6.07, 6.45) is 1.96. The van der Waals surface area contributed by atoms with E-state index in [9.17, 15) is 0 Å². The van der Waals surface area contributed by atoms with E-state index in [0.717, 1.165) is 24.4 Å². The van der Waals surface area contributed by atoms with Crippen LogP contribution in [-0.2, 0) is 11.2 Å². The molecular weight excluding hydrogens is 250 g/mol. The van der Waals surface area contributed by atoms with Crippen molar-refractivity contribution >= 4 is 11.6 Å². The third-order valence-electron chi connectivity index (χ3n) is 2.65. The van der Waals surface area contributed by atoms with Gasteiger partial charge in [-0.3, -0.25) is 0 Å². The summed E-state index contributed by atoms with van der Waals surface area (Å²) in [6, 6.07) is 8.40. The molecule has 0 fully saturated rings. The zero-order chi connectivity index (χ0) is 13.2.